The van der Waals surface area contributed by atoms with E-state index in [9.17, 15) is 9.59 Å². The van der Waals surface area contributed by atoms with Crippen molar-refractivity contribution in [2.45, 2.75) is 38.5 Å². The lowest BCUT2D eigenvalue weighted by molar-refractivity contribution is -0.142. The van der Waals surface area contributed by atoms with Gasteiger partial charge in [-0.2, -0.15) is 0 Å². The average molecular weight is 210 g/mol. The van der Waals surface area contributed by atoms with Crippen molar-refractivity contribution in [2.24, 2.45) is 11.1 Å². The Bertz CT molecular complexity index is 282. The van der Waals surface area contributed by atoms with E-state index in [2.05, 4.69) is 0 Å². The van der Waals surface area contributed by atoms with Crippen LogP contribution in [0.5, 0.6) is 0 Å². The van der Waals surface area contributed by atoms with Crippen molar-refractivity contribution in [3.63, 3.8) is 0 Å². The summed E-state index contributed by atoms with van der Waals surface area (Å²) in [7, 11) is 0. The van der Waals surface area contributed by atoms with Gasteiger partial charge in [-0.25, -0.2) is 0 Å². The molecule has 0 aromatic carbocycles. The van der Waals surface area contributed by atoms with E-state index >= 15 is 0 Å². The first kappa shape index (κ1) is 10.6. The number of rotatable bonds is 2. The summed E-state index contributed by atoms with van der Waals surface area (Å²) >= 11 is 0. The molecular formula is C11H18N2O2. The molecule has 0 bridgehead atoms. The van der Waals surface area contributed by atoms with Crippen molar-refractivity contribution in [3.05, 3.63) is 0 Å². The van der Waals surface area contributed by atoms with E-state index in [1.165, 1.54) is 11.3 Å². The van der Waals surface area contributed by atoms with E-state index in [0.29, 0.717) is 19.5 Å². The minimum Gasteiger partial charge on any atom is -0.329 e. The summed E-state index contributed by atoms with van der Waals surface area (Å²) in [6.07, 6.45) is 5.55. The molecule has 84 valence electrons. The lowest BCUT2D eigenvalue weighted by Crippen LogP contribution is -2.39. The van der Waals surface area contributed by atoms with Crippen molar-refractivity contribution < 1.29 is 9.59 Å². The zero-order valence-corrected chi connectivity index (χ0v) is 9.00. The van der Waals surface area contributed by atoms with Gasteiger partial charge in [0.2, 0.25) is 11.8 Å². The molecule has 2 amide bonds. The molecule has 4 heteroatoms. The molecule has 1 aliphatic carbocycles. The second-order valence-corrected chi connectivity index (χ2v) is 4.66. The van der Waals surface area contributed by atoms with Crippen LogP contribution >= 0.6 is 0 Å². The lowest BCUT2D eigenvalue weighted by atomic mass is 9.73. The monoisotopic (exact) mass is 210 g/mol. The Balaban J connectivity index is 2.15. The van der Waals surface area contributed by atoms with Gasteiger partial charge in [-0.3, -0.25) is 14.5 Å². The summed E-state index contributed by atoms with van der Waals surface area (Å²) in [6, 6.07) is 0. The highest BCUT2D eigenvalue weighted by atomic mass is 16.2. The number of nitrogens with two attached hydrogens (primary N) is 1. The number of likely N-dealkylation sites (tertiary alicyclic amines) is 1. The van der Waals surface area contributed by atoms with Gasteiger partial charge in [0.1, 0.15) is 0 Å². The van der Waals surface area contributed by atoms with Gasteiger partial charge in [0.25, 0.3) is 0 Å². The second kappa shape index (κ2) is 3.93. The molecule has 0 unspecified atom stereocenters. The van der Waals surface area contributed by atoms with Crippen LogP contribution in [0.3, 0.4) is 0 Å². The van der Waals surface area contributed by atoms with Gasteiger partial charge in [-0.1, -0.05) is 19.3 Å². The molecule has 0 atom stereocenters. The van der Waals surface area contributed by atoms with Crippen LogP contribution in [-0.2, 0) is 9.59 Å². The minimum absolute atomic E-state index is 0.0210. The van der Waals surface area contributed by atoms with Crippen LogP contribution in [0.25, 0.3) is 0 Å². The third-order valence-electron chi connectivity index (χ3n) is 3.65. The highest BCUT2D eigenvalue weighted by Gasteiger charge is 2.50. The Labute approximate surface area is 89.8 Å². The first-order valence-electron chi connectivity index (χ1n) is 5.74. The molecule has 2 aliphatic rings. The maximum Gasteiger partial charge on any atom is 0.235 e. The molecule has 0 aromatic rings. The van der Waals surface area contributed by atoms with Crippen molar-refractivity contribution in [1.82, 2.24) is 4.90 Å². The van der Waals surface area contributed by atoms with Crippen molar-refractivity contribution in [1.29, 1.82) is 0 Å². The smallest absolute Gasteiger partial charge is 0.235 e. The maximum atomic E-state index is 12.1. The van der Waals surface area contributed by atoms with Gasteiger partial charge in [0, 0.05) is 19.5 Å². The van der Waals surface area contributed by atoms with Crippen LogP contribution in [0.1, 0.15) is 38.5 Å². The molecule has 1 saturated heterocycles. The van der Waals surface area contributed by atoms with E-state index in [4.69, 9.17) is 5.73 Å². The molecule has 2 rings (SSSR count). The fourth-order valence-electron chi connectivity index (χ4n) is 2.83. The van der Waals surface area contributed by atoms with Crippen LogP contribution in [-0.4, -0.2) is 29.8 Å². The summed E-state index contributed by atoms with van der Waals surface area (Å²) in [4.78, 5) is 25.2. The molecule has 1 saturated carbocycles. The van der Waals surface area contributed by atoms with Gasteiger partial charge >= 0.3 is 0 Å². The number of hydrogen-bond donors (Lipinski definition) is 1. The minimum atomic E-state index is -0.343. The first-order valence-corrected chi connectivity index (χ1v) is 5.74. The third kappa shape index (κ3) is 1.67. The predicted molar refractivity (Wildman–Crippen MR) is 55.9 cm³/mol. The van der Waals surface area contributed by atoms with E-state index in [0.717, 1.165) is 25.7 Å². The van der Waals surface area contributed by atoms with Gasteiger partial charge in [0.05, 0.1) is 5.41 Å². The summed E-state index contributed by atoms with van der Waals surface area (Å²) in [6.45, 7) is 0.757. The molecule has 2 fully saturated rings. The number of carbonyl (C=O) groups is 2. The second-order valence-electron chi connectivity index (χ2n) is 4.66. The van der Waals surface area contributed by atoms with Crippen molar-refractivity contribution in [3.8, 4) is 0 Å². The van der Waals surface area contributed by atoms with Crippen LogP contribution < -0.4 is 5.73 Å². The molecule has 15 heavy (non-hydrogen) atoms. The molecular weight excluding hydrogens is 192 g/mol. The third-order valence-corrected chi connectivity index (χ3v) is 3.65. The predicted octanol–water partition coefficient (Wildman–Crippen LogP) is 0.654. The topological polar surface area (TPSA) is 63.4 Å². The molecule has 2 N–H and O–H groups in total. The van der Waals surface area contributed by atoms with Crippen LogP contribution in [0.4, 0.5) is 0 Å². The maximum absolute atomic E-state index is 12.1. The van der Waals surface area contributed by atoms with Gasteiger partial charge in [-0.15, -0.1) is 0 Å². The van der Waals surface area contributed by atoms with E-state index < -0.39 is 0 Å². The molecule has 1 aliphatic heterocycles. The summed E-state index contributed by atoms with van der Waals surface area (Å²) in [5.74, 6) is 0.0185. The molecule has 4 nitrogen and oxygen atoms in total. The normalized spacial score (nSPS) is 25.3. The number of imide groups is 1. The number of carbonyl (C=O) groups excluding carboxylic acids is 2. The Kier molecular flexibility index (Phi) is 2.78. The van der Waals surface area contributed by atoms with E-state index in [-0.39, 0.29) is 17.2 Å². The van der Waals surface area contributed by atoms with Gasteiger partial charge < -0.3 is 5.73 Å². The van der Waals surface area contributed by atoms with Crippen molar-refractivity contribution in [2.75, 3.05) is 13.1 Å². The zero-order valence-electron chi connectivity index (χ0n) is 9.00. The zero-order chi connectivity index (χ0) is 10.9. The largest absolute Gasteiger partial charge is 0.329 e. The summed E-state index contributed by atoms with van der Waals surface area (Å²) < 4.78 is 0. The fraction of sp³-hybridized carbons (Fsp3) is 0.818. The molecule has 1 spiro atoms. The fourth-order valence-corrected chi connectivity index (χ4v) is 2.83. The van der Waals surface area contributed by atoms with E-state index in [1.807, 2.05) is 0 Å². The Morgan fingerprint density at radius 3 is 2.47 bits per heavy atom. The summed E-state index contributed by atoms with van der Waals surface area (Å²) in [5, 5.41) is 0. The van der Waals surface area contributed by atoms with Crippen molar-refractivity contribution >= 4 is 11.8 Å². The van der Waals surface area contributed by atoms with Crippen LogP contribution in [0.15, 0.2) is 0 Å². The highest BCUT2D eigenvalue weighted by Crippen LogP contribution is 2.44. The van der Waals surface area contributed by atoms with Gasteiger partial charge in [0.15, 0.2) is 0 Å². The standard InChI is InChI=1S/C11H18N2O2/c12-6-7-13-9(14)8-11(10(13)15)4-2-1-3-5-11/h1-8,12H2. The van der Waals surface area contributed by atoms with Gasteiger partial charge in [-0.05, 0) is 12.8 Å². The highest BCUT2D eigenvalue weighted by molar-refractivity contribution is 6.05. The van der Waals surface area contributed by atoms with Crippen LogP contribution in [0.2, 0.25) is 0 Å². The first-order chi connectivity index (χ1) is 7.19. The Morgan fingerprint density at radius 1 is 1.20 bits per heavy atom. The summed E-state index contributed by atoms with van der Waals surface area (Å²) in [5.41, 5.74) is 5.06. The number of amides is 2. The Hall–Kier alpha value is -0.900. The SMILES string of the molecule is NCCN1C(=O)CC2(CCCCC2)C1=O. The van der Waals surface area contributed by atoms with E-state index in [1.54, 1.807) is 0 Å². The van der Waals surface area contributed by atoms with Crippen LogP contribution in [0, 0.1) is 5.41 Å². The molecule has 1 heterocycles. The molecule has 0 radical (unpaired) electrons. The quantitative estimate of drug-likeness (QED) is 0.681. The average Bonchev–Trinajstić information content (AvgIpc) is 2.45. The number of hydrogen-bond acceptors (Lipinski definition) is 3. The number of nitrogens with zero attached hydrogens (tertiary/aromatic N) is 1. The lowest BCUT2D eigenvalue weighted by Gasteiger charge is -2.30. The Morgan fingerprint density at radius 2 is 1.87 bits per heavy atom. The molecule has 0 aromatic heterocycles.